The molecule has 1 aromatic carbocycles. The number of imidazole rings is 1. The summed E-state index contributed by atoms with van der Waals surface area (Å²) in [4.78, 5) is 20.5. The number of thioether (sulfide) groups is 1. The molecule has 0 saturated carbocycles. The van der Waals surface area contributed by atoms with E-state index in [1.54, 1.807) is 18.3 Å². The SMILES string of the molecule is Cc1c(Cl)cccc1-n1ccnc1SCC(=O)Nc1ccc(Cl)cn1. The minimum Gasteiger partial charge on any atom is -0.310 e. The number of amides is 1. The molecule has 0 spiro atoms. The van der Waals surface area contributed by atoms with Gasteiger partial charge in [0.15, 0.2) is 5.16 Å². The van der Waals surface area contributed by atoms with Crippen LogP contribution < -0.4 is 5.32 Å². The van der Waals surface area contributed by atoms with Crippen molar-refractivity contribution in [2.24, 2.45) is 0 Å². The van der Waals surface area contributed by atoms with Crippen molar-refractivity contribution < 1.29 is 4.79 Å². The Morgan fingerprint density at radius 1 is 1.24 bits per heavy atom. The van der Waals surface area contributed by atoms with Crippen molar-refractivity contribution in [2.75, 3.05) is 11.1 Å². The fraction of sp³-hybridized carbons (Fsp3) is 0.118. The monoisotopic (exact) mass is 392 g/mol. The third-order valence-corrected chi connectivity index (χ3v) is 5.03. The van der Waals surface area contributed by atoms with Crippen molar-refractivity contribution in [2.45, 2.75) is 12.1 Å². The molecule has 2 aromatic heterocycles. The lowest BCUT2D eigenvalue weighted by Gasteiger charge is -2.11. The number of carbonyl (C=O) groups excluding carboxylic acids is 1. The Kier molecular flexibility index (Phi) is 5.63. The molecule has 3 rings (SSSR count). The quantitative estimate of drug-likeness (QED) is 0.643. The van der Waals surface area contributed by atoms with Gasteiger partial charge in [0.25, 0.3) is 0 Å². The zero-order chi connectivity index (χ0) is 17.8. The minimum atomic E-state index is -0.169. The Labute approximate surface area is 159 Å². The summed E-state index contributed by atoms with van der Waals surface area (Å²) in [6, 6.07) is 9.02. The molecule has 128 valence electrons. The van der Waals surface area contributed by atoms with Crippen LogP contribution in [-0.2, 0) is 4.79 Å². The number of hydrogen-bond acceptors (Lipinski definition) is 4. The molecule has 0 atom stereocenters. The highest BCUT2D eigenvalue weighted by Crippen LogP contribution is 2.26. The number of rotatable bonds is 5. The predicted molar refractivity (Wildman–Crippen MR) is 102 cm³/mol. The molecule has 25 heavy (non-hydrogen) atoms. The number of pyridine rings is 1. The van der Waals surface area contributed by atoms with Gasteiger partial charge in [-0.15, -0.1) is 0 Å². The highest BCUT2D eigenvalue weighted by molar-refractivity contribution is 7.99. The fourth-order valence-corrected chi connectivity index (χ4v) is 3.24. The second-order valence-corrected chi connectivity index (χ2v) is 6.95. The van der Waals surface area contributed by atoms with Crippen LogP contribution in [0.1, 0.15) is 5.56 Å². The molecular formula is C17H14Cl2N4OS. The van der Waals surface area contributed by atoms with Crippen molar-refractivity contribution in [3.63, 3.8) is 0 Å². The molecule has 5 nitrogen and oxygen atoms in total. The van der Waals surface area contributed by atoms with E-state index < -0.39 is 0 Å². The standard InChI is InChI=1S/C17H14Cl2N4OS/c1-11-13(19)3-2-4-14(11)23-8-7-20-17(23)25-10-16(24)22-15-6-5-12(18)9-21-15/h2-9H,10H2,1H3,(H,21,22,24). The maximum absolute atomic E-state index is 12.1. The van der Waals surface area contributed by atoms with Crippen molar-refractivity contribution >= 4 is 46.7 Å². The van der Waals surface area contributed by atoms with Crippen LogP contribution >= 0.6 is 35.0 Å². The lowest BCUT2D eigenvalue weighted by Crippen LogP contribution is -2.15. The van der Waals surface area contributed by atoms with E-state index in [9.17, 15) is 4.79 Å². The van der Waals surface area contributed by atoms with Crippen molar-refractivity contribution in [3.8, 4) is 5.69 Å². The van der Waals surface area contributed by atoms with Gasteiger partial charge in [0.1, 0.15) is 5.82 Å². The normalized spacial score (nSPS) is 10.7. The highest BCUT2D eigenvalue weighted by Gasteiger charge is 2.12. The molecule has 0 aliphatic rings. The largest absolute Gasteiger partial charge is 0.310 e. The van der Waals surface area contributed by atoms with Gasteiger partial charge in [-0.25, -0.2) is 9.97 Å². The van der Waals surface area contributed by atoms with Gasteiger partial charge in [0.05, 0.1) is 16.5 Å². The summed E-state index contributed by atoms with van der Waals surface area (Å²) in [6.07, 6.45) is 5.03. The van der Waals surface area contributed by atoms with E-state index in [-0.39, 0.29) is 11.7 Å². The summed E-state index contributed by atoms with van der Waals surface area (Å²) in [7, 11) is 0. The first-order valence-corrected chi connectivity index (χ1v) is 9.12. The van der Waals surface area contributed by atoms with Gasteiger partial charge in [-0.3, -0.25) is 9.36 Å². The van der Waals surface area contributed by atoms with Crippen LogP contribution in [0, 0.1) is 6.92 Å². The third kappa shape index (κ3) is 4.34. The molecule has 1 amide bonds. The van der Waals surface area contributed by atoms with E-state index >= 15 is 0 Å². The number of halogens is 2. The van der Waals surface area contributed by atoms with E-state index in [0.717, 1.165) is 11.3 Å². The molecular weight excluding hydrogens is 379 g/mol. The van der Waals surface area contributed by atoms with Gasteiger partial charge >= 0.3 is 0 Å². The van der Waals surface area contributed by atoms with Gasteiger partial charge in [-0.05, 0) is 36.8 Å². The van der Waals surface area contributed by atoms with Crippen LogP contribution in [0.2, 0.25) is 10.0 Å². The molecule has 2 heterocycles. The maximum Gasteiger partial charge on any atom is 0.236 e. The third-order valence-electron chi connectivity index (χ3n) is 3.43. The van der Waals surface area contributed by atoms with Crippen LogP contribution in [0.4, 0.5) is 5.82 Å². The smallest absolute Gasteiger partial charge is 0.236 e. The van der Waals surface area contributed by atoms with Gasteiger partial charge in [-0.1, -0.05) is 41.0 Å². The van der Waals surface area contributed by atoms with Crippen molar-refractivity contribution in [1.29, 1.82) is 0 Å². The summed E-state index contributed by atoms with van der Waals surface area (Å²) in [6.45, 7) is 1.95. The summed E-state index contributed by atoms with van der Waals surface area (Å²) in [5.74, 6) is 0.502. The molecule has 8 heteroatoms. The molecule has 1 N–H and O–H groups in total. The van der Waals surface area contributed by atoms with Gasteiger partial charge in [0.2, 0.25) is 5.91 Å². The second kappa shape index (κ2) is 7.91. The Balaban J connectivity index is 1.68. The van der Waals surface area contributed by atoms with Crippen molar-refractivity contribution in [3.05, 3.63) is 64.5 Å². The molecule has 0 saturated heterocycles. The van der Waals surface area contributed by atoms with Crippen LogP contribution in [-0.4, -0.2) is 26.2 Å². The van der Waals surface area contributed by atoms with Crippen LogP contribution in [0.25, 0.3) is 5.69 Å². The minimum absolute atomic E-state index is 0.169. The summed E-state index contributed by atoms with van der Waals surface area (Å²) in [5, 5.41) is 4.64. The number of benzene rings is 1. The molecule has 0 aliphatic carbocycles. The number of carbonyl (C=O) groups is 1. The first-order valence-electron chi connectivity index (χ1n) is 7.37. The van der Waals surface area contributed by atoms with E-state index in [1.165, 1.54) is 18.0 Å². The zero-order valence-corrected chi connectivity index (χ0v) is 15.6. The summed E-state index contributed by atoms with van der Waals surface area (Å²) < 4.78 is 1.92. The van der Waals surface area contributed by atoms with Gasteiger partial charge < -0.3 is 5.32 Å². The van der Waals surface area contributed by atoms with E-state index in [1.807, 2.05) is 35.9 Å². The molecule has 3 aromatic rings. The molecule has 0 unspecified atom stereocenters. The highest BCUT2D eigenvalue weighted by atomic mass is 35.5. The topological polar surface area (TPSA) is 59.8 Å². The summed E-state index contributed by atoms with van der Waals surface area (Å²) >= 11 is 13.3. The Morgan fingerprint density at radius 3 is 2.84 bits per heavy atom. The Hall–Kier alpha value is -2.02. The Bertz CT molecular complexity index is 896. The van der Waals surface area contributed by atoms with Crippen LogP contribution in [0.3, 0.4) is 0 Å². The first kappa shape index (κ1) is 17.8. The molecule has 0 radical (unpaired) electrons. The number of nitrogens with zero attached hydrogens (tertiary/aromatic N) is 3. The van der Waals surface area contributed by atoms with E-state index in [0.29, 0.717) is 21.0 Å². The zero-order valence-electron chi connectivity index (χ0n) is 13.2. The predicted octanol–water partition coefficient (Wildman–Crippen LogP) is 4.61. The fourth-order valence-electron chi connectivity index (χ4n) is 2.20. The first-order chi connectivity index (χ1) is 12.0. The lowest BCUT2D eigenvalue weighted by molar-refractivity contribution is -0.113. The van der Waals surface area contributed by atoms with E-state index in [2.05, 4.69) is 15.3 Å². The number of hydrogen-bond donors (Lipinski definition) is 1. The van der Waals surface area contributed by atoms with Gasteiger partial charge in [0, 0.05) is 23.6 Å². The maximum atomic E-state index is 12.1. The average Bonchev–Trinajstić information content (AvgIpc) is 3.06. The number of anilines is 1. The number of aromatic nitrogens is 3. The van der Waals surface area contributed by atoms with Crippen molar-refractivity contribution in [1.82, 2.24) is 14.5 Å². The molecule has 0 bridgehead atoms. The average molecular weight is 393 g/mol. The number of nitrogens with one attached hydrogen (secondary N) is 1. The summed E-state index contributed by atoms with van der Waals surface area (Å²) in [5.41, 5.74) is 1.89. The van der Waals surface area contributed by atoms with Crippen LogP contribution in [0.15, 0.2) is 54.1 Å². The second-order valence-electron chi connectivity index (χ2n) is 5.16. The van der Waals surface area contributed by atoms with E-state index in [4.69, 9.17) is 23.2 Å². The van der Waals surface area contributed by atoms with Gasteiger partial charge in [-0.2, -0.15) is 0 Å². The van der Waals surface area contributed by atoms with Crippen LogP contribution in [0.5, 0.6) is 0 Å². The Morgan fingerprint density at radius 2 is 2.08 bits per heavy atom. The lowest BCUT2D eigenvalue weighted by atomic mass is 10.2. The molecule has 0 fully saturated rings. The molecule has 0 aliphatic heterocycles.